The molecule has 3 unspecified atom stereocenters. The monoisotopic (exact) mass is 1410 g/mol. The van der Waals surface area contributed by atoms with Gasteiger partial charge < -0.3 is 59.8 Å². The van der Waals surface area contributed by atoms with Gasteiger partial charge in [-0.1, -0.05) is 6.42 Å². The third-order valence-electron chi connectivity index (χ3n) is 16.9. The number of piperidine rings is 1. The smallest absolute Gasteiger partial charge is 0.319 e. The average molecular weight is 1410 g/mol. The molecule has 24 nitrogen and oxygen atoms in total. The molecule has 99 heavy (non-hydrogen) atoms. The molecule has 0 aliphatic carbocycles. The summed E-state index contributed by atoms with van der Waals surface area (Å²) < 4.78 is 52.6. The van der Waals surface area contributed by atoms with Crippen molar-refractivity contribution in [3.63, 3.8) is 0 Å². The number of methoxy groups -OCH3 is 3. The summed E-state index contributed by atoms with van der Waals surface area (Å²) in [6, 6.07) is 23.7. The summed E-state index contributed by atoms with van der Waals surface area (Å²) in [6.07, 6.45) is 6.76. The van der Waals surface area contributed by atoms with Crippen LogP contribution in [0.25, 0.3) is 31.7 Å². The van der Waals surface area contributed by atoms with Crippen LogP contribution in [0.1, 0.15) is 126 Å². The lowest BCUT2D eigenvalue weighted by Crippen LogP contribution is -2.39. The summed E-state index contributed by atoms with van der Waals surface area (Å²) in [5.74, 6) is 5.52. The molecule has 0 amide bonds. The first-order valence-electron chi connectivity index (χ1n) is 33.6. The third-order valence-corrected chi connectivity index (χ3v) is 20.0. The number of ether oxygens (including phenoxy) is 9. The molecule has 9 aromatic rings. The van der Waals surface area contributed by atoms with E-state index in [2.05, 4.69) is 44.6 Å². The molecular formula is C72H93N15O9S3. The lowest BCUT2D eigenvalue weighted by atomic mass is 10.1. The Morgan fingerprint density at radius 2 is 0.646 bits per heavy atom. The second-order valence-corrected chi connectivity index (χ2v) is 28.2. The van der Waals surface area contributed by atoms with Crippen molar-refractivity contribution in [3.8, 4) is 84.2 Å². The number of benzene rings is 3. The number of hydrogen-bond acceptors (Lipinski definition) is 27. The van der Waals surface area contributed by atoms with Gasteiger partial charge in [-0.25, -0.2) is 29.9 Å². The fourth-order valence-electron chi connectivity index (χ4n) is 11.6. The Hall–Kier alpha value is -8.73. The molecule has 6 N–H and O–H groups in total. The van der Waals surface area contributed by atoms with Gasteiger partial charge in [-0.15, -0.1) is 34.0 Å². The predicted octanol–water partition coefficient (Wildman–Crippen LogP) is 13.3. The molecule has 0 radical (unpaired) electrons. The summed E-state index contributed by atoms with van der Waals surface area (Å²) in [7, 11) is 4.98. The van der Waals surface area contributed by atoms with Crippen molar-refractivity contribution in [1.29, 1.82) is 0 Å². The Kier molecular flexibility index (Phi) is 25.7. The number of aromatic nitrogens is 9. The minimum absolute atomic E-state index is 0.256. The largest absolute Gasteiger partial charge is 0.493 e. The van der Waals surface area contributed by atoms with Crippen LogP contribution in [-0.4, -0.2) is 160 Å². The molecular weight excluding hydrogens is 1320 g/mol. The molecule has 9 heterocycles. The normalized spacial score (nSPS) is 14.9. The van der Waals surface area contributed by atoms with Crippen molar-refractivity contribution in [1.82, 2.24) is 59.6 Å². The molecule has 3 aliphatic rings. The van der Waals surface area contributed by atoms with Crippen LogP contribution in [-0.2, 0) is 0 Å². The molecule has 3 fully saturated rings. The van der Waals surface area contributed by atoms with Crippen molar-refractivity contribution in [2.75, 3.05) is 117 Å². The van der Waals surface area contributed by atoms with Gasteiger partial charge in [0.05, 0.1) is 38.4 Å². The maximum absolute atomic E-state index is 6.14. The van der Waals surface area contributed by atoms with Gasteiger partial charge in [0.1, 0.15) is 70.6 Å². The standard InChI is InChI=1S/C25H33N5O3S.C24H31N5O3S.C23H29N5O3S/c1-16-14-22(26)28-25(27-16)33-17(2)23-18(3)34-24(29-23)19-8-9-20(31-4)21(15-19)32-13-12-30-10-6-5-7-11-30;1-15-13-21(25)27-24(26-15)32-16(2)22-17(3)33-23(28-22)18-7-8-19(30-4)20(14-18)31-12-11-29-9-5-6-10-29;1-14-12-20(24)26-23(25-14)31-15(2)21-16(3)32-22(27-21)17-6-7-18(29-4)19(13-17)30-11-10-28-8-5-9-28/h8-9,14-15,17H,5-7,10-13H2,1-4H3,(H2,26,27,28);7-8,13-14,16H,5-6,9-12H2,1-4H3,(H2,25,26,27);6-7,12-13,15H,5,8-11H2,1-4H3,(H2,24,25,26). The lowest BCUT2D eigenvalue weighted by Gasteiger charge is -2.30. The summed E-state index contributed by atoms with van der Waals surface area (Å²) in [4.78, 5) is 50.5. The number of nitrogens with two attached hydrogens (primary N) is 3. The van der Waals surface area contributed by atoms with E-state index in [1.807, 2.05) is 117 Å². The Labute approximate surface area is 592 Å². The average Bonchev–Trinajstić information content (AvgIpc) is 1.72. The van der Waals surface area contributed by atoms with Crippen molar-refractivity contribution in [3.05, 3.63) is 122 Å². The Morgan fingerprint density at radius 3 is 0.909 bits per heavy atom. The zero-order valence-electron chi connectivity index (χ0n) is 58.9. The molecule has 3 aromatic carbocycles. The van der Waals surface area contributed by atoms with E-state index in [0.717, 1.165) is 174 Å². The Bertz CT molecular complexity index is 4060. The van der Waals surface area contributed by atoms with Crippen LogP contribution in [0.3, 0.4) is 0 Å². The second kappa shape index (κ2) is 34.9. The molecule has 3 saturated heterocycles. The summed E-state index contributed by atoms with van der Waals surface area (Å²) >= 11 is 4.85. The van der Waals surface area contributed by atoms with Crippen molar-refractivity contribution >= 4 is 51.5 Å². The second-order valence-electron chi connectivity index (χ2n) is 24.6. The first-order valence-corrected chi connectivity index (χ1v) is 36.1. The minimum atomic E-state index is -0.315. The molecule has 3 atom stereocenters. The SMILES string of the molecule is COc1ccc(-c2nc(C(C)Oc3nc(C)cc(N)n3)c(C)s2)cc1OCCN1CCC1.COc1ccc(-c2nc(C(C)Oc3nc(C)cc(N)n3)c(C)s2)cc1OCCN1CCCC1.COc1ccc(-c2nc(C(C)Oc3nc(C)cc(N)n3)c(C)s2)cc1OCCN1CCCCC1. The van der Waals surface area contributed by atoms with Gasteiger partial charge >= 0.3 is 18.0 Å². The predicted molar refractivity (Wildman–Crippen MR) is 391 cm³/mol. The van der Waals surface area contributed by atoms with Gasteiger partial charge in [0.2, 0.25) is 0 Å². The third kappa shape index (κ3) is 20.2. The summed E-state index contributed by atoms with van der Waals surface area (Å²) in [5.41, 5.74) is 25.2. The summed E-state index contributed by atoms with van der Waals surface area (Å²) in [5, 5.41) is 2.69. The molecule has 12 rings (SSSR count). The Balaban J connectivity index is 0.000000161. The van der Waals surface area contributed by atoms with Crippen LogP contribution in [0, 0.1) is 41.5 Å². The first kappa shape index (κ1) is 73.0. The van der Waals surface area contributed by atoms with Crippen LogP contribution in [0.2, 0.25) is 0 Å². The molecule has 6 aromatic heterocycles. The van der Waals surface area contributed by atoms with Crippen LogP contribution in [0.15, 0.2) is 72.8 Å². The van der Waals surface area contributed by atoms with Gasteiger partial charge in [0, 0.05) is 86.2 Å². The quantitative estimate of drug-likeness (QED) is 0.0431. The number of thiazole rings is 3. The van der Waals surface area contributed by atoms with Gasteiger partial charge in [-0.05, 0) is 188 Å². The van der Waals surface area contributed by atoms with Crippen molar-refractivity contribution < 1.29 is 42.6 Å². The lowest BCUT2D eigenvalue weighted by molar-refractivity contribution is 0.145. The van der Waals surface area contributed by atoms with E-state index in [9.17, 15) is 0 Å². The van der Waals surface area contributed by atoms with E-state index in [-0.39, 0.29) is 36.3 Å². The summed E-state index contributed by atoms with van der Waals surface area (Å²) in [6.45, 7) is 29.1. The molecule has 0 spiro atoms. The number of anilines is 3. The number of likely N-dealkylation sites (tertiary alicyclic amines) is 3. The van der Waals surface area contributed by atoms with Gasteiger partial charge in [0.15, 0.2) is 34.5 Å². The number of rotatable bonds is 27. The van der Waals surface area contributed by atoms with Crippen LogP contribution in [0.5, 0.6) is 52.5 Å². The van der Waals surface area contributed by atoms with E-state index in [1.54, 1.807) is 73.5 Å². The highest BCUT2D eigenvalue weighted by atomic mass is 32.1. The topological polar surface area (TPSA) is 287 Å². The van der Waals surface area contributed by atoms with Crippen molar-refractivity contribution in [2.24, 2.45) is 0 Å². The van der Waals surface area contributed by atoms with E-state index in [4.69, 9.17) is 74.8 Å². The minimum Gasteiger partial charge on any atom is -0.493 e. The number of nitrogen functional groups attached to an aromatic ring is 3. The zero-order valence-corrected chi connectivity index (χ0v) is 61.3. The van der Waals surface area contributed by atoms with E-state index in [0.29, 0.717) is 37.3 Å². The van der Waals surface area contributed by atoms with Crippen molar-refractivity contribution in [2.45, 2.75) is 119 Å². The van der Waals surface area contributed by atoms with Crippen LogP contribution < -0.4 is 59.8 Å². The molecule has 528 valence electrons. The number of aryl methyl sites for hydroxylation is 6. The molecule has 0 bridgehead atoms. The molecule has 0 saturated carbocycles. The Morgan fingerprint density at radius 1 is 0.364 bits per heavy atom. The fraction of sp³-hybridized carbons (Fsp3) is 0.458. The van der Waals surface area contributed by atoms with E-state index < -0.39 is 0 Å². The van der Waals surface area contributed by atoms with Crippen LogP contribution in [0.4, 0.5) is 17.5 Å². The molecule has 3 aliphatic heterocycles. The van der Waals surface area contributed by atoms with Crippen LogP contribution >= 0.6 is 34.0 Å². The number of nitrogens with zero attached hydrogens (tertiary/aromatic N) is 12. The van der Waals surface area contributed by atoms with E-state index >= 15 is 0 Å². The maximum Gasteiger partial charge on any atom is 0.319 e. The van der Waals surface area contributed by atoms with Gasteiger partial charge in [-0.2, -0.15) is 15.0 Å². The highest BCUT2D eigenvalue weighted by molar-refractivity contribution is 7.15. The zero-order chi connectivity index (χ0) is 70.1. The first-order chi connectivity index (χ1) is 47.8. The van der Waals surface area contributed by atoms with Gasteiger partial charge in [0.25, 0.3) is 0 Å². The van der Waals surface area contributed by atoms with E-state index in [1.165, 1.54) is 38.5 Å². The molecule has 27 heteroatoms. The fourth-order valence-corrected chi connectivity index (χ4v) is 14.6. The maximum atomic E-state index is 6.14. The highest BCUT2D eigenvalue weighted by Gasteiger charge is 2.25. The highest BCUT2D eigenvalue weighted by Crippen LogP contribution is 2.41. The number of hydrogen-bond donors (Lipinski definition) is 3. The van der Waals surface area contributed by atoms with Gasteiger partial charge in [-0.3, -0.25) is 14.7 Å².